The second-order valence-corrected chi connectivity index (χ2v) is 7.79. The minimum absolute atomic E-state index is 0.568. The summed E-state index contributed by atoms with van der Waals surface area (Å²) in [5.41, 5.74) is 4.37. The number of pyridine rings is 1. The van der Waals surface area contributed by atoms with E-state index in [0.29, 0.717) is 11.1 Å². The fourth-order valence-electron chi connectivity index (χ4n) is 3.72. The second-order valence-electron chi connectivity index (χ2n) is 7.43. The summed E-state index contributed by atoms with van der Waals surface area (Å²) in [6, 6.07) is 7.97. The second kappa shape index (κ2) is 6.73. The molecule has 0 saturated heterocycles. The molecule has 6 heteroatoms. The molecule has 3 heterocycles. The van der Waals surface area contributed by atoms with Crippen molar-refractivity contribution in [3.05, 3.63) is 58.3 Å². The quantitative estimate of drug-likeness (QED) is 0.637. The third-order valence-electron chi connectivity index (χ3n) is 5.42. The molecule has 3 aromatic rings. The van der Waals surface area contributed by atoms with Crippen molar-refractivity contribution in [1.82, 2.24) is 19.9 Å². The number of hydrogen-bond acceptors (Lipinski definition) is 5. The lowest BCUT2D eigenvalue weighted by Gasteiger charge is -2.28. The van der Waals surface area contributed by atoms with Crippen molar-refractivity contribution in [3.63, 3.8) is 0 Å². The molecule has 2 aliphatic rings. The number of nitrogens with zero attached hydrogens (tertiary/aromatic N) is 4. The fourth-order valence-corrected chi connectivity index (χ4v) is 3.92. The first kappa shape index (κ1) is 16.9. The van der Waals surface area contributed by atoms with Crippen LogP contribution in [0.5, 0.6) is 5.75 Å². The monoisotopic (exact) mass is 380 g/mol. The Kier molecular flexibility index (Phi) is 4.21. The minimum atomic E-state index is 0.568. The Morgan fingerprint density at radius 2 is 2.11 bits per heavy atom. The molecule has 0 atom stereocenters. The van der Waals surface area contributed by atoms with Gasteiger partial charge in [0, 0.05) is 60.4 Å². The van der Waals surface area contributed by atoms with Gasteiger partial charge in [-0.05, 0) is 37.1 Å². The van der Waals surface area contributed by atoms with E-state index >= 15 is 0 Å². The maximum Gasteiger partial charge on any atom is 0.134 e. The molecule has 138 valence electrons. The van der Waals surface area contributed by atoms with Gasteiger partial charge in [0.05, 0.1) is 12.6 Å². The molecule has 1 saturated carbocycles. The number of ether oxygens (including phenoxy) is 1. The molecule has 5 rings (SSSR count). The highest BCUT2D eigenvalue weighted by molar-refractivity contribution is 6.30. The van der Waals surface area contributed by atoms with Gasteiger partial charge in [0.2, 0.25) is 0 Å². The molecule has 0 spiro atoms. The summed E-state index contributed by atoms with van der Waals surface area (Å²) in [5, 5.41) is 1.61. The van der Waals surface area contributed by atoms with Crippen LogP contribution in [0.2, 0.25) is 5.15 Å². The summed E-state index contributed by atoms with van der Waals surface area (Å²) in [6.07, 6.45) is 5.46. The van der Waals surface area contributed by atoms with Gasteiger partial charge >= 0.3 is 0 Å². The van der Waals surface area contributed by atoms with Gasteiger partial charge in [-0.3, -0.25) is 4.90 Å². The maximum absolute atomic E-state index is 6.47. The van der Waals surface area contributed by atoms with Crippen molar-refractivity contribution in [2.45, 2.75) is 38.3 Å². The van der Waals surface area contributed by atoms with Crippen LogP contribution in [0, 0.1) is 0 Å². The predicted octanol–water partition coefficient (Wildman–Crippen LogP) is 4.12. The van der Waals surface area contributed by atoms with Crippen molar-refractivity contribution >= 4 is 22.5 Å². The van der Waals surface area contributed by atoms with Crippen molar-refractivity contribution in [3.8, 4) is 5.75 Å². The van der Waals surface area contributed by atoms with E-state index in [-0.39, 0.29) is 0 Å². The summed E-state index contributed by atoms with van der Waals surface area (Å²) >= 11 is 6.47. The van der Waals surface area contributed by atoms with Crippen LogP contribution in [0.15, 0.2) is 30.5 Å². The van der Waals surface area contributed by atoms with E-state index in [1.54, 1.807) is 7.11 Å². The first-order valence-corrected chi connectivity index (χ1v) is 9.77. The molecule has 1 aliphatic heterocycles. The molecule has 0 radical (unpaired) electrons. The first-order chi connectivity index (χ1) is 13.2. The lowest BCUT2D eigenvalue weighted by molar-refractivity contribution is 0.242. The van der Waals surface area contributed by atoms with Crippen LogP contribution < -0.4 is 4.74 Å². The van der Waals surface area contributed by atoms with Crippen molar-refractivity contribution in [2.24, 2.45) is 0 Å². The van der Waals surface area contributed by atoms with Crippen LogP contribution >= 0.6 is 11.6 Å². The van der Waals surface area contributed by atoms with E-state index in [4.69, 9.17) is 21.3 Å². The van der Waals surface area contributed by atoms with E-state index in [1.165, 1.54) is 24.1 Å². The Bertz CT molecular complexity index is 1020. The molecule has 0 amide bonds. The van der Waals surface area contributed by atoms with Crippen molar-refractivity contribution in [1.29, 1.82) is 0 Å². The van der Waals surface area contributed by atoms with Gasteiger partial charge in [-0.15, -0.1) is 0 Å². The third-order valence-corrected chi connectivity index (χ3v) is 5.74. The third kappa shape index (κ3) is 3.37. The predicted molar refractivity (Wildman–Crippen MR) is 105 cm³/mol. The average Bonchev–Trinajstić information content (AvgIpc) is 3.53. The Morgan fingerprint density at radius 1 is 1.22 bits per heavy atom. The molecule has 1 aromatic carbocycles. The summed E-state index contributed by atoms with van der Waals surface area (Å²) < 4.78 is 5.33. The standard InChI is InChI=1S/C21H21ClN4O/c1-27-17-4-5-18-14(9-17)8-15(20(22)24-18)11-26-7-6-19-16(12-26)10-23-21(25-19)13-2-3-13/h4-5,8-10,13H,2-3,6-7,11-12H2,1H3. The van der Waals surface area contributed by atoms with Gasteiger partial charge in [-0.1, -0.05) is 11.6 Å². The number of benzene rings is 1. The van der Waals surface area contributed by atoms with E-state index in [0.717, 1.165) is 54.1 Å². The molecule has 0 N–H and O–H groups in total. The Morgan fingerprint density at radius 3 is 2.93 bits per heavy atom. The number of rotatable bonds is 4. The zero-order valence-electron chi connectivity index (χ0n) is 15.3. The Labute approximate surface area is 163 Å². The molecule has 27 heavy (non-hydrogen) atoms. The van der Waals surface area contributed by atoms with E-state index in [2.05, 4.69) is 20.9 Å². The van der Waals surface area contributed by atoms with Crippen LogP contribution in [-0.4, -0.2) is 33.5 Å². The zero-order chi connectivity index (χ0) is 18.4. The fraction of sp³-hybridized carbons (Fsp3) is 0.381. The van der Waals surface area contributed by atoms with Crippen molar-refractivity contribution < 1.29 is 4.74 Å². The number of halogens is 1. The molecule has 1 fully saturated rings. The molecule has 2 aromatic heterocycles. The van der Waals surface area contributed by atoms with Crippen LogP contribution in [0.3, 0.4) is 0 Å². The van der Waals surface area contributed by atoms with Gasteiger partial charge < -0.3 is 4.74 Å². The highest BCUT2D eigenvalue weighted by Crippen LogP contribution is 2.38. The number of aromatic nitrogens is 3. The molecule has 0 unspecified atom stereocenters. The summed E-state index contributed by atoms with van der Waals surface area (Å²) in [7, 11) is 1.67. The number of hydrogen-bond donors (Lipinski definition) is 0. The highest BCUT2D eigenvalue weighted by atomic mass is 35.5. The zero-order valence-corrected chi connectivity index (χ0v) is 16.0. The molecule has 1 aliphatic carbocycles. The maximum atomic E-state index is 6.47. The first-order valence-electron chi connectivity index (χ1n) is 9.40. The minimum Gasteiger partial charge on any atom is -0.497 e. The Balaban J connectivity index is 1.38. The number of methoxy groups -OCH3 is 1. The molecular weight excluding hydrogens is 360 g/mol. The van der Waals surface area contributed by atoms with E-state index in [1.807, 2.05) is 24.4 Å². The van der Waals surface area contributed by atoms with Gasteiger partial charge in [0.15, 0.2) is 0 Å². The van der Waals surface area contributed by atoms with Gasteiger partial charge in [-0.2, -0.15) is 0 Å². The van der Waals surface area contributed by atoms with Gasteiger partial charge in [0.25, 0.3) is 0 Å². The number of fused-ring (bicyclic) bond motifs is 2. The van der Waals surface area contributed by atoms with Crippen LogP contribution in [-0.2, 0) is 19.5 Å². The summed E-state index contributed by atoms with van der Waals surface area (Å²) in [5.74, 6) is 2.47. The normalized spacial score (nSPS) is 17.1. The Hall–Kier alpha value is -2.24. The van der Waals surface area contributed by atoms with Crippen LogP contribution in [0.4, 0.5) is 0 Å². The highest BCUT2D eigenvalue weighted by Gasteiger charge is 2.28. The SMILES string of the molecule is COc1ccc2nc(Cl)c(CN3CCc4nc(C5CC5)ncc4C3)cc2c1. The molecule has 5 nitrogen and oxygen atoms in total. The van der Waals surface area contributed by atoms with Crippen molar-refractivity contribution in [2.75, 3.05) is 13.7 Å². The van der Waals surface area contributed by atoms with E-state index in [9.17, 15) is 0 Å². The largest absolute Gasteiger partial charge is 0.497 e. The summed E-state index contributed by atoms with van der Waals surface area (Å²) in [4.78, 5) is 16.3. The van der Waals surface area contributed by atoms with Gasteiger partial charge in [0.1, 0.15) is 16.7 Å². The van der Waals surface area contributed by atoms with E-state index < -0.39 is 0 Å². The molecule has 0 bridgehead atoms. The average molecular weight is 381 g/mol. The summed E-state index contributed by atoms with van der Waals surface area (Å²) in [6.45, 7) is 2.59. The smallest absolute Gasteiger partial charge is 0.134 e. The van der Waals surface area contributed by atoms with Crippen LogP contribution in [0.1, 0.15) is 41.4 Å². The molecular formula is C21H21ClN4O. The lowest BCUT2D eigenvalue weighted by Crippen LogP contribution is -2.31. The topological polar surface area (TPSA) is 51.1 Å². The van der Waals surface area contributed by atoms with Gasteiger partial charge in [-0.25, -0.2) is 15.0 Å². The van der Waals surface area contributed by atoms with Crippen LogP contribution in [0.25, 0.3) is 10.9 Å². The lowest BCUT2D eigenvalue weighted by atomic mass is 10.1.